The molecule has 2 saturated heterocycles. The van der Waals surface area contributed by atoms with E-state index in [1.807, 2.05) is 20.8 Å². The van der Waals surface area contributed by atoms with Crippen molar-refractivity contribution < 1.29 is 14.4 Å². The lowest BCUT2D eigenvalue weighted by Crippen LogP contribution is -2.52. The molecule has 3 rings (SSSR count). The fourth-order valence-electron chi connectivity index (χ4n) is 3.58. The van der Waals surface area contributed by atoms with Crippen molar-refractivity contribution in [2.24, 2.45) is 5.92 Å². The number of hydrogen-bond donors (Lipinski definition) is 0. The van der Waals surface area contributed by atoms with Crippen LogP contribution in [-0.4, -0.2) is 75.7 Å². The molecule has 0 spiro atoms. The van der Waals surface area contributed by atoms with Gasteiger partial charge in [0.15, 0.2) is 0 Å². The number of carbonyl (C=O) groups excluding carboxylic acids is 3. The molecule has 3 heterocycles. The number of amides is 3. The highest BCUT2D eigenvalue weighted by Gasteiger charge is 2.41. The molecule has 7 heteroatoms. The molecule has 26 heavy (non-hydrogen) atoms. The van der Waals surface area contributed by atoms with Gasteiger partial charge in [-0.2, -0.15) is 0 Å². The minimum absolute atomic E-state index is 0.0265. The van der Waals surface area contributed by atoms with Gasteiger partial charge in [0, 0.05) is 57.1 Å². The monoisotopic (exact) mass is 358 g/mol. The molecule has 0 saturated carbocycles. The fourth-order valence-corrected chi connectivity index (χ4v) is 3.58. The average molecular weight is 358 g/mol. The fraction of sp³-hybridized carbons (Fsp3) is 0.579. The van der Waals surface area contributed by atoms with E-state index in [2.05, 4.69) is 4.98 Å². The summed E-state index contributed by atoms with van der Waals surface area (Å²) in [5.74, 6) is -0.262. The van der Waals surface area contributed by atoms with Gasteiger partial charge in [0.1, 0.15) is 0 Å². The van der Waals surface area contributed by atoms with Gasteiger partial charge in [-0.05, 0) is 32.9 Å². The zero-order valence-electron chi connectivity index (χ0n) is 15.6. The SMILES string of the molecule is CC(C)(C)N1CC(C(=O)N2CCN(C(=O)c3cccnc3)CC2)CC1=O. The van der Waals surface area contributed by atoms with E-state index < -0.39 is 0 Å². The minimum atomic E-state index is -0.276. The first-order chi connectivity index (χ1) is 12.3. The van der Waals surface area contributed by atoms with E-state index in [4.69, 9.17) is 0 Å². The average Bonchev–Trinajstić information content (AvgIpc) is 3.03. The van der Waals surface area contributed by atoms with E-state index >= 15 is 0 Å². The summed E-state index contributed by atoms with van der Waals surface area (Å²) < 4.78 is 0. The molecule has 1 aromatic heterocycles. The minimum Gasteiger partial charge on any atom is -0.339 e. The van der Waals surface area contributed by atoms with E-state index in [9.17, 15) is 14.4 Å². The molecule has 140 valence electrons. The van der Waals surface area contributed by atoms with Crippen LogP contribution >= 0.6 is 0 Å². The third-order valence-electron chi connectivity index (χ3n) is 5.07. The molecule has 0 aliphatic carbocycles. The van der Waals surface area contributed by atoms with Crippen molar-refractivity contribution in [3.05, 3.63) is 30.1 Å². The van der Waals surface area contributed by atoms with Crippen molar-refractivity contribution in [3.8, 4) is 0 Å². The second-order valence-electron chi connectivity index (χ2n) is 7.94. The van der Waals surface area contributed by atoms with Crippen LogP contribution in [0.4, 0.5) is 0 Å². The smallest absolute Gasteiger partial charge is 0.255 e. The topological polar surface area (TPSA) is 73.8 Å². The maximum absolute atomic E-state index is 12.8. The number of piperazine rings is 1. The molecule has 3 amide bonds. The van der Waals surface area contributed by atoms with Gasteiger partial charge in [0.2, 0.25) is 11.8 Å². The van der Waals surface area contributed by atoms with E-state index in [-0.39, 0.29) is 35.6 Å². The van der Waals surface area contributed by atoms with E-state index in [0.717, 1.165) is 0 Å². The van der Waals surface area contributed by atoms with Crippen LogP contribution in [0.15, 0.2) is 24.5 Å². The van der Waals surface area contributed by atoms with Gasteiger partial charge in [0.05, 0.1) is 11.5 Å². The van der Waals surface area contributed by atoms with Crippen molar-refractivity contribution >= 4 is 17.7 Å². The number of rotatable bonds is 2. The highest BCUT2D eigenvalue weighted by Crippen LogP contribution is 2.27. The summed E-state index contributed by atoms with van der Waals surface area (Å²) in [5.41, 5.74) is 0.301. The molecule has 0 radical (unpaired) electrons. The van der Waals surface area contributed by atoms with Gasteiger partial charge in [0.25, 0.3) is 5.91 Å². The summed E-state index contributed by atoms with van der Waals surface area (Å²) in [6.07, 6.45) is 3.48. The van der Waals surface area contributed by atoms with Crippen molar-refractivity contribution in [3.63, 3.8) is 0 Å². The largest absolute Gasteiger partial charge is 0.339 e. The Bertz CT molecular complexity index is 690. The van der Waals surface area contributed by atoms with Crippen molar-refractivity contribution in [1.29, 1.82) is 0 Å². The quantitative estimate of drug-likeness (QED) is 0.791. The molecule has 2 fully saturated rings. The van der Waals surface area contributed by atoms with Crippen molar-refractivity contribution in [2.45, 2.75) is 32.7 Å². The maximum atomic E-state index is 12.8. The summed E-state index contributed by atoms with van der Waals surface area (Å²) in [6, 6.07) is 3.49. The number of likely N-dealkylation sites (tertiary alicyclic amines) is 1. The molecule has 7 nitrogen and oxygen atoms in total. The van der Waals surface area contributed by atoms with Crippen LogP contribution in [0.3, 0.4) is 0 Å². The molecule has 1 unspecified atom stereocenters. The predicted octanol–water partition coefficient (Wildman–Crippen LogP) is 1.01. The number of pyridine rings is 1. The molecular weight excluding hydrogens is 332 g/mol. The van der Waals surface area contributed by atoms with Crippen LogP contribution in [0, 0.1) is 5.92 Å². The second-order valence-corrected chi connectivity index (χ2v) is 7.94. The zero-order valence-corrected chi connectivity index (χ0v) is 15.6. The normalized spacial score (nSPS) is 21.3. The number of nitrogens with zero attached hydrogens (tertiary/aromatic N) is 4. The molecule has 0 aromatic carbocycles. The first kappa shape index (κ1) is 18.4. The second kappa shape index (κ2) is 7.05. The van der Waals surface area contributed by atoms with Crippen LogP contribution in [0.5, 0.6) is 0 Å². The van der Waals surface area contributed by atoms with E-state index in [0.29, 0.717) is 38.3 Å². The Hall–Kier alpha value is -2.44. The Balaban J connectivity index is 1.56. The number of aromatic nitrogens is 1. The third-order valence-corrected chi connectivity index (χ3v) is 5.07. The first-order valence-electron chi connectivity index (χ1n) is 9.06. The van der Waals surface area contributed by atoms with Crippen molar-refractivity contribution in [2.75, 3.05) is 32.7 Å². The first-order valence-corrected chi connectivity index (χ1v) is 9.06. The van der Waals surface area contributed by atoms with Crippen LogP contribution < -0.4 is 0 Å². The van der Waals surface area contributed by atoms with Gasteiger partial charge in [-0.1, -0.05) is 0 Å². The highest BCUT2D eigenvalue weighted by atomic mass is 16.2. The van der Waals surface area contributed by atoms with Crippen LogP contribution in [0.1, 0.15) is 37.6 Å². The summed E-state index contributed by atoms with van der Waals surface area (Å²) >= 11 is 0. The predicted molar refractivity (Wildman–Crippen MR) is 96.3 cm³/mol. The van der Waals surface area contributed by atoms with E-state index in [1.165, 1.54) is 0 Å². The Morgan fingerprint density at radius 2 is 1.77 bits per heavy atom. The standard InChI is InChI=1S/C19H26N4O3/c1-19(2,3)23-13-15(11-16(23)24)18(26)22-9-7-21(8-10-22)17(25)14-5-4-6-20-12-14/h4-6,12,15H,7-11,13H2,1-3H3. The van der Waals surface area contributed by atoms with Gasteiger partial charge in [-0.25, -0.2) is 0 Å². The zero-order chi connectivity index (χ0) is 18.9. The lowest BCUT2D eigenvalue weighted by molar-refractivity contribution is -0.137. The summed E-state index contributed by atoms with van der Waals surface area (Å²) in [6.45, 7) is 8.46. The molecule has 1 aromatic rings. The van der Waals surface area contributed by atoms with Gasteiger partial charge in [-0.15, -0.1) is 0 Å². The molecule has 0 bridgehead atoms. The Morgan fingerprint density at radius 1 is 1.12 bits per heavy atom. The highest BCUT2D eigenvalue weighted by molar-refractivity contribution is 5.94. The van der Waals surface area contributed by atoms with Crippen molar-refractivity contribution in [1.82, 2.24) is 19.7 Å². The summed E-state index contributed by atoms with van der Waals surface area (Å²) in [5, 5.41) is 0. The molecular formula is C19H26N4O3. The Labute approximate surface area is 154 Å². The van der Waals surface area contributed by atoms with Crippen LogP contribution in [-0.2, 0) is 9.59 Å². The molecule has 2 aliphatic rings. The van der Waals surface area contributed by atoms with E-state index in [1.54, 1.807) is 39.2 Å². The van der Waals surface area contributed by atoms with Crippen LogP contribution in [0.2, 0.25) is 0 Å². The van der Waals surface area contributed by atoms with Crippen LogP contribution in [0.25, 0.3) is 0 Å². The summed E-state index contributed by atoms with van der Waals surface area (Å²) in [7, 11) is 0. The lowest BCUT2D eigenvalue weighted by Gasteiger charge is -2.36. The Morgan fingerprint density at radius 3 is 2.31 bits per heavy atom. The van der Waals surface area contributed by atoms with Gasteiger partial charge < -0.3 is 14.7 Å². The number of hydrogen-bond acceptors (Lipinski definition) is 4. The molecule has 0 N–H and O–H groups in total. The Kier molecular flexibility index (Phi) is 4.98. The number of carbonyl (C=O) groups is 3. The van der Waals surface area contributed by atoms with Gasteiger partial charge >= 0.3 is 0 Å². The molecule has 1 atom stereocenters. The molecule has 2 aliphatic heterocycles. The third kappa shape index (κ3) is 3.71. The maximum Gasteiger partial charge on any atom is 0.255 e. The summed E-state index contributed by atoms with van der Waals surface area (Å²) in [4.78, 5) is 46.8. The lowest BCUT2D eigenvalue weighted by atomic mass is 10.1. The van der Waals surface area contributed by atoms with Gasteiger partial charge in [-0.3, -0.25) is 19.4 Å².